The van der Waals surface area contributed by atoms with Gasteiger partial charge in [-0.2, -0.15) is 0 Å². The maximum absolute atomic E-state index is 12.9. The van der Waals surface area contributed by atoms with Gasteiger partial charge in [-0.3, -0.25) is 14.5 Å². The second kappa shape index (κ2) is 9.54. The fourth-order valence-electron chi connectivity index (χ4n) is 3.40. The molecule has 0 unspecified atom stereocenters. The number of anilines is 1. The third-order valence-corrected chi connectivity index (χ3v) is 5.03. The zero-order chi connectivity index (χ0) is 21.7. The van der Waals surface area contributed by atoms with E-state index >= 15 is 0 Å². The third kappa shape index (κ3) is 4.68. The zero-order valence-corrected chi connectivity index (χ0v) is 17.6. The highest BCUT2D eigenvalue weighted by molar-refractivity contribution is 6.21. The Balaban J connectivity index is 1.73. The minimum atomic E-state index is -0.341. The summed E-state index contributed by atoms with van der Waals surface area (Å²) in [6.45, 7) is 5.15. The van der Waals surface area contributed by atoms with E-state index in [0.717, 1.165) is 5.56 Å². The molecule has 0 aromatic heterocycles. The highest BCUT2D eigenvalue weighted by Crippen LogP contribution is 2.26. The van der Waals surface area contributed by atoms with Crippen LogP contribution in [0.15, 0.2) is 48.5 Å². The number of ether oxygens (including phenoxy) is 1. The summed E-state index contributed by atoms with van der Waals surface area (Å²) in [5.74, 6) is -0.649. The van der Waals surface area contributed by atoms with Crippen LogP contribution in [0.2, 0.25) is 0 Å². The average Bonchev–Trinajstić information content (AvgIpc) is 2.97. The first kappa shape index (κ1) is 21.5. The number of imide groups is 1. The average molecular weight is 409 g/mol. The largest absolute Gasteiger partial charge is 0.385 e. The van der Waals surface area contributed by atoms with Crippen molar-refractivity contribution in [1.82, 2.24) is 9.80 Å². The molecule has 7 nitrogen and oxygen atoms in total. The lowest BCUT2D eigenvalue weighted by Crippen LogP contribution is -2.39. The van der Waals surface area contributed by atoms with E-state index in [1.54, 1.807) is 30.2 Å². The third-order valence-electron chi connectivity index (χ3n) is 5.03. The van der Waals surface area contributed by atoms with E-state index in [0.29, 0.717) is 42.9 Å². The minimum Gasteiger partial charge on any atom is -0.385 e. The molecule has 0 saturated heterocycles. The number of hydrogen-bond donors (Lipinski definition) is 1. The standard InChI is InChI=1S/C23H27N3O4/c1-16(2)26(15-17-8-5-4-6-9-17)23(29)24-18-10-11-19-20(14-18)22(28)25(21(19)27)12-7-13-30-3/h4-6,8-11,14,16H,7,12-13,15H2,1-3H3,(H,24,29). The second-order valence-corrected chi connectivity index (χ2v) is 7.51. The van der Waals surface area contributed by atoms with Crippen LogP contribution in [0, 0.1) is 0 Å². The summed E-state index contributed by atoms with van der Waals surface area (Å²) in [5.41, 5.74) is 2.19. The Bertz CT molecular complexity index is 927. The van der Waals surface area contributed by atoms with Gasteiger partial charge in [0.25, 0.3) is 11.8 Å². The fourth-order valence-corrected chi connectivity index (χ4v) is 3.40. The van der Waals surface area contributed by atoms with Gasteiger partial charge < -0.3 is 15.0 Å². The molecule has 1 aliphatic heterocycles. The minimum absolute atomic E-state index is 0.0147. The molecule has 3 rings (SSSR count). The van der Waals surface area contributed by atoms with E-state index < -0.39 is 0 Å². The highest BCUT2D eigenvalue weighted by Gasteiger charge is 2.35. The van der Waals surface area contributed by atoms with Crippen molar-refractivity contribution >= 4 is 23.5 Å². The van der Waals surface area contributed by atoms with Crippen molar-refractivity contribution in [2.45, 2.75) is 32.9 Å². The van der Waals surface area contributed by atoms with E-state index in [4.69, 9.17) is 4.74 Å². The summed E-state index contributed by atoms with van der Waals surface area (Å²) in [6, 6.07) is 14.3. The van der Waals surface area contributed by atoms with E-state index in [9.17, 15) is 14.4 Å². The van der Waals surface area contributed by atoms with Gasteiger partial charge in [-0.1, -0.05) is 30.3 Å². The van der Waals surface area contributed by atoms with E-state index in [2.05, 4.69) is 5.32 Å². The van der Waals surface area contributed by atoms with Crippen LogP contribution in [0.25, 0.3) is 0 Å². The summed E-state index contributed by atoms with van der Waals surface area (Å²) in [7, 11) is 1.58. The van der Waals surface area contributed by atoms with Crippen molar-refractivity contribution < 1.29 is 19.1 Å². The molecule has 1 aliphatic rings. The second-order valence-electron chi connectivity index (χ2n) is 7.51. The number of rotatable bonds is 8. The Hall–Kier alpha value is -3.19. The number of nitrogens with one attached hydrogen (secondary N) is 1. The molecule has 0 spiro atoms. The van der Waals surface area contributed by atoms with Crippen molar-refractivity contribution in [1.29, 1.82) is 0 Å². The fraction of sp³-hybridized carbons (Fsp3) is 0.348. The Labute approximate surface area is 176 Å². The summed E-state index contributed by atoms with van der Waals surface area (Å²) in [4.78, 5) is 41.0. The van der Waals surface area contributed by atoms with Gasteiger partial charge in [-0.25, -0.2) is 4.79 Å². The summed E-state index contributed by atoms with van der Waals surface area (Å²) < 4.78 is 4.99. The number of methoxy groups -OCH3 is 1. The molecule has 0 fully saturated rings. The number of carbonyl (C=O) groups excluding carboxylic acids is 3. The number of nitrogens with zero attached hydrogens (tertiary/aromatic N) is 2. The lowest BCUT2D eigenvalue weighted by atomic mass is 10.1. The number of amides is 4. The molecule has 0 aliphatic carbocycles. The van der Waals surface area contributed by atoms with Gasteiger partial charge in [-0.15, -0.1) is 0 Å². The predicted molar refractivity (Wildman–Crippen MR) is 114 cm³/mol. The van der Waals surface area contributed by atoms with Crippen molar-refractivity contribution in [2.75, 3.05) is 25.6 Å². The van der Waals surface area contributed by atoms with Crippen LogP contribution in [-0.2, 0) is 11.3 Å². The van der Waals surface area contributed by atoms with Gasteiger partial charge >= 0.3 is 6.03 Å². The van der Waals surface area contributed by atoms with Gasteiger partial charge in [0.15, 0.2) is 0 Å². The molecule has 0 bridgehead atoms. The van der Waals surface area contributed by atoms with Crippen LogP contribution in [0.4, 0.5) is 10.5 Å². The van der Waals surface area contributed by atoms with Crippen molar-refractivity contribution in [3.63, 3.8) is 0 Å². The predicted octanol–water partition coefficient (Wildman–Crippen LogP) is 3.76. The van der Waals surface area contributed by atoms with Gasteiger partial charge in [0, 0.05) is 38.5 Å². The van der Waals surface area contributed by atoms with Crippen molar-refractivity contribution in [2.24, 2.45) is 0 Å². The molecule has 2 aromatic rings. The SMILES string of the molecule is COCCCN1C(=O)c2ccc(NC(=O)N(Cc3ccccc3)C(C)C)cc2C1=O. The molecule has 0 atom stereocenters. The normalized spacial score (nSPS) is 13.0. The van der Waals surface area contributed by atoms with Crippen LogP contribution in [0.1, 0.15) is 46.5 Å². The smallest absolute Gasteiger partial charge is 0.322 e. The number of carbonyl (C=O) groups is 3. The monoisotopic (exact) mass is 409 g/mol. The summed E-state index contributed by atoms with van der Waals surface area (Å²) in [6.07, 6.45) is 0.578. The first-order valence-electron chi connectivity index (χ1n) is 10.0. The Morgan fingerprint density at radius 2 is 1.77 bits per heavy atom. The molecule has 7 heteroatoms. The zero-order valence-electron chi connectivity index (χ0n) is 17.6. The molecule has 4 amide bonds. The Morgan fingerprint density at radius 3 is 2.43 bits per heavy atom. The van der Waals surface area contributed by atoms with Crippen molar-refractivity contribution in [3.8, 4) is 0 Å². The van der Waals surface area contributed by atoms with Crippen LogP contribution in [-0.4, -0.2) is 53.9 Å². The maximum atomic E-state index is 12.9. The number of benzene rings is 2. The molecular formula is C23H27N3O4. The number of fused-ring (bicyclic) bond motifs is 1. The van der Waals surface area contributed by atoms with Gasteiger partial charge in [0.1, 0.15) is 0 Å². The Kier molecular flexibility index (Phi) is 6.84. The van der Waals surface area contributed by atoms with Gasteiger partial charge in [-0.05, 0) is 44.0 Å². The topological polar surface area (TPSA) is 79.0 Å². The molecule has 0 saturated carbocycles. The first-order chi connectivity index (χ1) is 14.4. The van der Waals surface area contributed by atoms with Crippen LogP contribution in [0.3, 0.4) is 0 Å². The molecule has 30 heavy (non-hydrogen) atoms. The summed E-state index contributed by atoms with van der Waals surface area (Å²) in [5, 5.41) is 2.86. The lowest BCUT2D eigenvalue weighted by Gasteiger charge is -2.27. The van der Waals surface area contributed by atoms with Crippen molar-refractivity contribution in [3.05, 3.63) is 65.2 Å². The molecule has 1 N–H and O–H groups in total. The molecule has 158 valence electrons. The van der Waals surface area contributed by atoms with Gasteiger partial charge in [0.05, 0.1) is 11.1 Å². The summed E-state index contributed by atoms with van der Waals surface area (Å²) >= 11 is 0. The van der Waals surface area contributed by atoms with E-state index in [-0.39, 0.29) is 23.9 Å². The van der Waals surface area contributed by atoms with Crippen LogP contribution >= 0.6 is 0 Å². The molecule has 2 aromatic carbocycles. The van der Waals surface area contributed by atoms with Gasteiger partial charge in [0.2, 0.25) is 0 Å². The molecular weight excluding hydrogens is 382 g/mol. The number of hydrogen-bond acceptors (Lipinski definition) is 4. The van der Waals surface area contributed by atoms with Crippen LogP contribution < -0.4 is 5.32 Å². The molecule has 1 heterocycles. The maximum Gasteiger partial charge on any atom is 0.322 e. The van der Waals surface area contributed by atoms with E-state index in [1.807, 2.05) is 44.2 Å². The van der Waals surface area contributed by atoms with E-state index in [1.165, 1.54) is 4.90 Å². The molecule has 0 radical (unpaired) electrons. The lowest BCUT2D eigenvalue weighted by molar-refractivity contribution is 0.0638. The number of urea groups is 1. The quantitative estimate of drug-likeness (QED) is 0.532. The highest BCUT2D eigenvalue weighted by atomic mass is 16.5. The van der Waals surface area contributed by atoms with Crippen LogP contribution in [0.5, 0.6) is 0 Å². The first-order valence-corrected chi connectivity index (χ1v) is 10.0. The Morgan fingerprint density at radius 1 is 1.07 bits per heavy atom.